The maximum Gasteiger partial charge on any atom is 0.214 e. The number of hydrogen-bond acceptors (Lipinski definition) is 4. The summed E-state index contributed by atoms with van der Waals surface area (Å²) < 4.78 is 25.3. The molecule has 0 saturated carbocycles. The summed E-state index contributed by atoms with van der Waals surface area (Å²) in [5.74, 6) is 1.09. The molecular formula is C10H24N2O2S2. The van der Waals surface area contributed by atoms with Gasteiger partial charge in [0.2, 0.25) is 10.0 Å². The summed E-state index contributed by atoms with van der Waals surface area (Å²) in [6.45, 7) is 2.82. The molecule has 16 heavy (non-hydrogen) atoms. The van der Waals surface area contributed by atoms with E-state index in [1.807, 2.05) is 20.2 Å². The Morgan fingerprint density at radius 2 is 2.00 bits per heavy atom. The molecule has 6 heteroatoms. The van der Waals surface area contributed by atoms with Crippen LogP contribution in [0, 0.1) is 0 Å². The molecule has 0 saturated heterocycles. The smallest absolute Gasteiger partial charge is 0.214 e. The first-order chi connectivity index (χ1) is 7.45. The van der Waals surface area contributed by atoms with E-state index in [2.05, 4.69) is 5.32 Å². The van der Waals surface area contributed by atoms with Crippen LogP contribution in [0.3, 0.4) is 0 Å². The van der Waals surface area contributed by atoms with Gasteiger partial charge in [0, 0.05) is 18.8 Å². The van der Waals surface area contributed by atoms with Crippen molar-refractivity contribution in [3.63, 3.8) is 0 Å². The lowest BCUT2D eigenvalue weighted by Gasteiger charge is -2.23. The van der Waals surface area contributed by atoms with E-state index in [9.17, 15) is 8.42 Å². The molecule has 0 aliphatic heterocycles. The molecule has 1 N–H and O–H groups in total. The van der Waals surface area contributed by atoms with E-state index in [4.69, 9.17) is 0 Å². The van der Waals surface area contributed by atoms with Gasteiger partial charge in [0.05, 0.1) is 5.75 Å². The zero-order valence-corrected chi connectivity index (χ0v) is 12.3. The van der Waals surface area contributed by atoms with E-state index in [1.54, 1.807) is 18.8 Å². The zero-order chi connectivity index (χ0) is 12.6. The number of nitrogens with one attached hydrogen (secondary N) is 1. The summed E-state index contributed by atoms with van der Waals surface area (Å²) in [5.41, 5.74) is 0. The molecule has 0 aromatic carbocycles. The average Bonchev–Trinajstić information content (AvgIpc) is 2.23. The maximum atomic E-state index is 11.9. The molecule has 0 aliphatic carbocycles. The second kappa shape index (κ2) is 8.33. The van der Waals surface area contributed by atoms with Gasteiger partial charge < -0.3 is 5.32 Å². The minimum absolute atomic E-state index is 0.0734. The third kappa shape index (κ3) is 6.08. The second-order valence-corrected chi connectivity index (χ2v) is 7.01. The van der Waals surface area contributed by atoms with Crippen molar-refractivity contribution < 1.29 is 8.42 Å². The Morgan fingerprint density at radius 1 is 1.38 bits per heavy atom. The van der Waals surface area contributed by atoms with Crippen molar-refractivity contribution in [1.29, 1.82) is 0 Å². The van der Waals surface area contributed by atoms with Gasteiger partial charge in [0.25, 0.3) is 0 Å². The third-order valence-electron chi connectivity index (χ3n) is 2.55. The molecule has 0 radical (unpaired) electrons. The molecule has 0 spiro atoms. The number of nitrogens with zero attached hydrogens (tertiary/aromatic N) is 1. The first-order valence-corrected chi connectivity index (χ1v) is 8.55. The van der Waals surface area contributed by atoms with Crippen LogP contribution in [0.25, 0.3) is 0 Å². The third-order valence-corrected chi connectivity index (χ3v) is 5.40. The van der Waals surface area contributed by atoms with E-state index in [1.165, 1.54) is 4.31 Å². The van der Waals surface area contributed by atoms with Crippen LogP contribution in [-0.2, 0) is 10.0 Å². The Kier molecular flexibility index (Phi) is 8.45. The van der Waals surface area contributed by atoms with Crippen LogP contribution in [0.15, 0.2) is 0 Å². The SMILES string of the molecule is CNCCCCS(=O)(=O)N(C)C(C)CSC. The molecule has 4 nitrogen and oxygen atoms in total. The molecule has 0 bridgehead atoms. The van der Waals surface area contributed by atoms with E-state index in [-0.39, 0.29) is 11.8 Å². The Labute approximate surface area is 104 Å². The Balaban J connectivity index is 4.10. The van der Waals surface area contributed by atoms with Crippen LogP contribution in [0.2, 0.25) is 0 Å². The fourth-order valence-corrected chi connectivity index (χ4v) is 3.63. The van der Waals surface area contributed by atoms with Crippen LogP contribution in [0.1, 0.15) is 19.8 Å². The fraction of sp³-hybridized carbons (Fsp3) is 1.00. The van der Waals surface area contributed by atoms with Gasteiger partial charge in [0.1, 0.15) is 0 Å². The molecule has 98 valence electrons. The topological polar surface area (TPSA) is 49.4 Å². The van der Waals surface area contributed by atoms with E-state index >= 15 is 0 Å². The number of hydrogen-bond donors (Lipinski definition) is 1. The Morgan fingerprint density at radius 3 is 2.50 bits per heavy atom. The Bertz CT molecular complexity index is 268. The monoisotopic (exact) mass is 268 g/mol. The van der Waals surface area contributed by atoms with Gasteiger partial charge in [-0.05, 0) is 39.6 Å². The summed E-state index contributed by atoms with van der Waals surface area (Å²) in [6, 6.07) is 0.0734. The lowest BCUT2D eigenvalue weighted by Crippen LogP contribution is -2.38. The summed E-state index contributed by atoms with van der Waals surface area (Å²) >= 11 is 1.67. The van der Waals surface area contributed by atoms with E-state index in [0.717, 1.165) is 25.1 Å². The van der Waals surface area contributed by atoms with Gasteiger partial charge in [-0.15, -0.1) is 0 Å². The first-order valence-electron chi connectivity index (χ1n) is 5.55. The molecule has 0 amide bonds. The van der Waals surface area contributed by atoms with Crippen LogP contribution >= 0.6 is 11.8 Å². The minimum atomic E-state index is -3.07. The number of rotatable bonds is 9. The maximum absolute atomic E-state index is 11.9. The van der Waals surface area contributed by atoms with Crippen LogP contribution in [0.5, 0.6) is 0 Å². The largest absolute Gasteiger partial charge is 0.320 e. The summed E-state index contributed by atoms with van der Waals surface area (Å²) in [5, 5.41) is 3.01. The minimum Gasteiger partial charge on any atom is -0.320 e. The van der Waals surface area contributed by atoms with E-state index in [0.29, 0.717) is 0 Å². The molecule has 1 atom stereocenters. The zero-order valence-electron chi connectivity index (χ0n) is 10.7. The molecule has 1 unspecified atom stereocenters. The molecular weight excluding hydrogens is 244 g/mol. The molecule has 0 aliphatic rings. The van der Waals surface area contributed by atoms with Gasteiger partial charge >= 0.3 is 0 Å². The van der Waals surface area contributed by atoms with Gasteiger partial charge in [-0.25, -0.2) is 12.7 Å². The highest BCUT2D eigenvalue weighted by Crippen LogP contribution is 2.10. The van der Waals surface area contributed by atoms with Crippen molar-refractivity contribution in [2.75, 3.05) is 38.4 Å². The normalized spacial score (nSPS) is 14.3. The second-order valence-electron chi connectivity index (χ2n) is 3.95. The van der Waals surface area contributed by atoms with Crippen LogP contribution in [-0.4, -0.2) is 57.2 Å². The van der Waals surface area contributed by atoms with Crippen molar-refractivity contribution in [2.45, 2.75) is 25.8 Å². The summed E-state index contributed by atoms with van der Waals surface area (Å²) in [7, 11) is 0.481. The predicted octanol–water partition coefficient (Wildman–Crippen LogP) is 0.999. The number of sulfonamides is 1. The van der Waals surface area contributed by atoms with E-state index < -0.39 is 10.0 Å². The van der Waals surface area contributed by atoms with Crippen molar-refractivity contribution in [1.82, 2.24) is 9.62 Å². The van der Waals surface area contributed by atoms with Crippen molar-refractivity contribution in [3.05, 3.63) is 0 Å². The molecule has 0 aromatic heterocycles. The van der Waals surface area contributed by atoms with Crippen molar-refractivity contribution >= 4 is 21.8 Å². The molecule has 0 aromatic rings. The van der Waals surface area contributed by atoms with Crippen LogP contribution in [0.4, 0.5) is 0 Å². The highest BCUT2D eigenvalue weighted by Gasteiger charge is 2.21. The summed E-state index contributed by atoms with van der Waals surface area (Å²) in [4.78, 5) is 0. The van der Waals surface area contributed by atoms with Crippen molar-refractivity contribution in [2.24, 2.45) is 0 Å². The number of unbranched alkanes of at least 4 members (excludes halogenated alkanes) is 1. The lowest BCUT2D eigenvalue weighted by molar-refractivity contribution is 0.414. The predicted molar refractivity (Wildman–Crippen MR) is 72.6 cm³/mol. The molecule has 0 fully saturated rings. The van der Waals surface area contributed by atoms with Gasteiger partial charge in [0.15, 0.2) is 0 Å². The Hall–Kier alpha value is 0.220. The highest BCUT2D eigenvalue weighted by atomic mass is 32.2. The molecule has 0 rings (SSSR count). The standard InChI is InChI=1S/C10H24N2O2S2/c1-10(9-15-4)12(3)16(13,14)8-6-5-7-11-2/h10-11H,5-9H2,1-4H3. The first kappa shape index (κ1) is 16.2. The van der Waals surface area contributed by atoms with Gasteiger partial charge in [-0.3, -0.25) is 0 Å². The molecule has 0 heterocycles. The quantitative estimate of drug-likeness (QED) is 0.634. The highest BCUT2D eigenvalue weighted by molar-refractivity contribution is 7.98. The summed E-state index contributed by atoms with van der Waals surface area (Å²) in [6.07, 6.45) is 3.61. The average molecular weight is 268 g/mol. The fourth-order valence-electron chi connectivity index (χ4n) is 1.35. The number of thioether (sulfide) groups is 1. The van der Waals surface area contributed by atoms with Crippen LogP contribution < -0.4 is 5.32 Å². The van der Waals surface area contributed by atoms with Gasteiger partial charge in [-0.1, -0.05) is 0 Å². The lowest BCUT2D eigenvalue weighted by atomic mass is 10.3. The van der Waals surface area contributed by atoms with Crippen molar-refractivity contribution in [3.8, 4) is 0 Å². The van der Waals surface area contributed by atoms with Gasteiger partial charge in [-0.2, -0.15) is 11.8 Å².